The molecule has 1 aromatic heterocycles. The summed E-state index contributed by atoms with van der Waals surface area (Å²) in [6, 6.07) is 3.83. The van der Waals surface area contributed by atoms with Crippen LogP contribution in [0.1, 0.15) is 46.6 Å². The van der Waals surface area contributed by atoms with Crippen molar-refractivity contribution in [1.82, 2.24) is 20.5 Å². The molecule has 0 saturated heterocycles. The molecule has 0 aliphatic carbocycles. The lowest BCUT2D eigenvalue weighted by Gasteiger charge is -2.27. The molecule has 1 aromatic rings. The van der Waals surface area contributed by atoms with Gasteiger partial charge in [0.05, 0.1) is 6.54 Å². The lowest BCUT2D eigenvalue weighted by atomic mass is 10.2. The van der Waals surface area contributed by atoms with Crippen LogP contribution in [0.25, 0.3) is 0 Å². The number of nitrogens with zero attached hydrogens (tertiary/aromatic N) is 3. The standard InChI is InChI=1S/C21H37N5O2S/c1-20(2,3)28-19(27)26(15-17-10-8-11-23-14-17)13-9-12-24-18(22-6)25-16-21(4,5)29-7/h8,10-11,14H,9,12-13,15-16H2,1-7H3,(H2,22,24,25). The van der Waals surface area contributed by atoms with Gasteiger partial charge >= 0.3 is 6.09 Å². The second-order valence-corrected chi connectivity index (χ2v) is 9.95. The van der Waals surface area contributed by atoms with Crippen LogP contribution in [-0.2, 0) is 11.3 Å². The number of pyridine rings is 1. The Hall–Kier alpha value is -1.96. The maximum atomic E-state index is 12.6. The first-order valence-electron chi connectivity index (χ1n) is 9.93. The number of hydrogen-bond donors (Lipinski definition) is 2. The number of thioether (sulfide) groups is 1. The molecule has 164 valence electrons. The Labute approximate surface area is 180 Å². The number of aromatic nitrogens is 1. The monoisotopic (exact) mass is 423 g/mol. The Balaban J connectivity index is 2.57. The van der Waals surface area contributed by atoms with Gasteiger partial charge in [0.1, 0.15) is 5.60 Å². The van der Waals surface area contributed by atoms with Crippen LogP contribution in [0.2, 0.25) is 0 Å². The summed E-state index contributed by atoms with van der Waals surface area (Å²) in [7, 11) is 1.76. The third-order valence-electron chi connectivity index (χ3n) is 4.10. The van der Waals surface area contributed by atoms with Crippen molar-refractivity contribution in [2.24, 2.45) is 4.99 Å². The van der Waals surface area contributed by atoms with Gasteiger partial charge in [-0.25, -0.2) is 4.79 Å². The Morgan fingerprint density at radius 1 is 1.28 bits per heavy atom. The van der Waals surface area contributed by atoms with E-state index < -0.39 is 5.60 Å². The van der Waals surface area contributed by atoms with Crippen LogP contribution in [-0.4, -0.2) is 65.2 Å². The molecule has 7 nitrogen and oxygen atoms in total. The van der Waals surface area contributed by atoms with Crippen LogP contribution in [0, 0.1) is 0 Å². The Morgan fingerprint density at radius 3 is 2.55 bits per heavy atom. The number of carbonyl (C=O) groups excluding carboxylic acids is 1. The van der Waals surface area contributed by atoms with Gasteiger partial charge in [0.15, 0.2) is 5.96 Å². The smallest absolute Gasteiger partial charge is 0.410 e. The van der Waals surface area contributed by atoms with Gasteiger partial charge in [0.25, 0.3) is 0 Å². The largest absolute Gasteiger partial charge is 0.444 e. The number of amides is 1. The number of guanidine groups is 1. The lowest BCUT2D eigenvalue weighted by molar-refractivity contribution is 0.0232. The first kappa shape index (κ1) is 25.1. The van der Waals surface area contributed by atoms with Gasteiger partial charge in [-0.15, -0.1) is 0 Å². The number of hydrogen-bond acceptors (Lipinski definition) is 5. The van der Waals surface area contributed by atoms with Gasteiger partial charge in [0.2, 0.25) is 0 Å². The predicted molar refractivity (Wildman–Crippen MR) is 122 cm³/mol. The fourth-order valence-corrected chi connectivity index (χ4v) is 2.56. The summed E-state index contributed by atoms with van der Waals surface area (Å²) in [5, 5.41) is 6.66. The van der Waals surface area contributed by atoms with Crippen LogP contribution >= 0.6 is 11.8 Å². The topological polar surface area (TPSA) is 78.9 Å². The molecule has 2 N–H and O–H groups in total. The molecular weight excluding hydrogens is 386 g/mol. The molecule has 0 aromatic carbocycles. The molecular formula is C21H37N5O2S. The van der Waals surface area contributed by atoms with E-state index in [2.05, 4.69) is 40.7 Å². The average Bonchev–Trinajstić information content (AvgIpc) is 2.65. The van der Waals surface area contributed by atoms with Crippen LogP contribution in [0.15, 0.2) is 29.5 Å². The van der Waals surface area contributed by atoms with E-state index in [4.69, 9.17) is 4.74 Å². The number of ether oxygens (including phenoxy) is 1. The van der Waals surface area contributed by atoms with E-state index in [0.29, 0.717) is 19.6 Å². The normalized spacial score (nSPS) is 12.4. The second-order valence-electron chi connectivity index (χ2n) is 8.43. The number of aliphatic imine (C=N–C) groups is 1. The van der Waals surface area contributed by atoms with Gasteiger partial charge in [-0.2, -0.15) is 11.8 Å². The molecule has 0 aliphatic heterocycles. The quantitative estimate of drug-likeness (QED) is 0.359. The van der Waals surface area contributed by atoms with Gasteiger partial charge in [-0.05, 0) is 58.9 Å². The third kappa shape index (κ3) is 11.0. The Kier molecular flexibility index (Phi) is 10.3. The van der Waals surface area contributed by atoms with E-state index in [1.54, 1.807) is 24.3 Å². The van der Waals surface area contributed by atoms with E-state index in [9.17, 15) is 4.79 Å². The van der Waals surface area contributed by atoms with Crippen molar-refractivity contribution in [3.05, 3.63) is 30.1 Å². The summed E-state index contributed by atoms with van der Waals surface area (Å²) < 4.78 is 5.70. The summed E-state index contributed by atoms with van der Waals surface area (Å²) in [5.41, 5.74) is 0.446. The van der Waals surface area contributed by atoms with Gasteiger partial charge in [-0.3, -0.25) is 9.98 Å². The van der Waals surface area contributed by atoms with E-state index in [1.165, 1.54) is 0 Å². The molecule has 1 rings (SSSR count). The molecule has 0 atom stereocenters. The van der Waals surface area contributed by atoms with Crippen molar-refractivity contribution >= 4 is 23.8 Å². The third-order valence-corrected chi connectivity index (χ3v) is 5.35. The van der Waals surface area contributed by atoms with Gasteiger partial charge in [-0.1, -0.05) is 6.07 Å². The number of nitrogens with one attached hydrogen (secondary N) is 2. The predicted octanol–water partition coefficient (Wildman–Crippen LogP) is 3.52. The van der Waals surface area contributed by atoms with E-state index in [1.807, 2.05) is 44.7 Å². The fraction of sp³-hybridized carbons (Fsp3) is 0.667. The zero-order valence-corrected chi connectivity index (χ0v) is 19.7. The molecule has 1 amide bonds. The van der Waals surface area contributed by atoms with Crippen molar-refractivity contribution in [3.8, 4) is 0 Å². The minimum atomic E-state index is -0.529. The highest BCUT2D eigenvalue weighted by molar-refractivity contribution is 7.99. The van der Waals surface area contributed by atoms with Crippen molar-refractivity contribution < 1.29 is 9.53 Å². The van der Waals surface area contributed by atoms with Crippen molar-refractivity contribution in [2.45, 2.75) is 57.9 Å². The lowest BCUT2D eigenvalue weighted by Crippen LogP contribution is -2.44. The zero-order chi connectivity index (χ0) is 21.9. The maximum Gasteiger partial charge on any atom is 0.410 e. The molecule has 0 bridgehead atoms. The molecule has 0 radical (unpaired) electrons. The number of carbonyl (C=O) groups is 1. The molecule has 29 heavy (non-hydrogen) atoms. The highest BCUT2D eigenvalue weighted by Crippen LogP contribution is 2.19. The summed E-state index contributed by atoms with van der Waals surface area (Å²) >= 11 is 1.81. The van der Waals surface area contributed by atoms with E-state index >= 15 is 0 Å². The van der Waals surface area contributed by atoms with E-state index in [-0.39, 0.29) is 10.8 Å². The molecule has 0 fully saturated rings. The Morgan fingerprint density at radius 2 is 2.00 bits per heavy atom. The number of rotatable bonds is 9. The first-order valence-corrected chi connectivity index (χ1v) is 11.2. The molecule has 0 aliphatic rings. The summed E-state index contributed by atoms with van der Waals surface area (Å²) in [6.45, 7) is 12.6. The SMILES string of the molecule is CN=C(NCCCN(Cc1cccnc1)C(=O)OC(C)(C)C)NCC(C)(C)SC. The van der Waals surface area contributed by atoms with Crippen LogP contribution in [0.5, 0.6) is 0 Å². The molecule has 0 spiro atoms. The van der Waals surface area contributed by atoms with Crippen molar-refractivity contribution in [1.29, 1.82) is 0 Å². The maximum absolute atomic E-state index is 12.6. The van der Waals surface area contributed by atoms with Crippen LogP contribution < -0.4 is 10.6 Å². The molecule has 8 heteroatoms. The van der Waals surface area contributed by atoms with Crippen molar-refractivity contribution in [2.75, 3.05) is 32.9 Å². The molecule has 1 heterocycles. The van der Waals surface area contributed by atoms with Gasteiger partial charge in [0, 0.05) is 43.8 Å². The fourth-order valence-electron chi connectivity index (χ4n) is 2.34. The highest BCUT2D eigenvalue weighted by Gasteiger charge is 2.22. The molecule has 0 unspecified atom stereocenters. The summed E-state index contributed by atoms with van der Waals surface area (Å²) in [6.07, 6.45) is 6.06. The summed E-state index contributed by atoms with van der Waals surface area (Å²) in [5.74, 6) is 0.767. The second kappa shape index (κ2) is 11.9. The van der Waals surface area contributed by atoms with Crippen molar-refractivity contribution in [3.63, 3.8) is 0 Å². The average molecular weight is 424 g/mol. The summed E-state index contributed by atoms with van der Waals surface area (Å²) in [4.78, 5) is 22.7. The highest BCUT2D eigenvalue weighted by atomic mass is 32.2. The minimum absolute atomic E-state index is 0.134. The van der Waals surface area contributed by atoms with Crippen LogP contribution in [0.3, 0.4) is 0 Å². The zero-order valence-electron chi connectivity index (χ0n) is 18.9. The Bertz CT molecular complexity index is 644. The van der Waals surface area contributed by atoms with Crippen LogP contribution in [0.4, 0.5) is 4.79 Å². The minimum Gasteiger partial charge on any atom is -0.444 e. The van der Waals surface area contributed by atoms with Gasteiger partial charge < -0.3 is 20.3 Å². The molecule has 0 saturated carbocycles. The first-order chi connectivity index (χ1) is 13.6. The van der Waals surface area contributed by atoms with E-state index in [0.717, 1.165) is 24.5 Å².